The maximum absolute atomic E-state index is 13.9. The average molecular weight is 297 g/mol. The molecular weight excluding hydrogens is 272 g/mol. The molecule has 0 aromatic heterocycles. The minimum absolute atomic E-state index is 0.0293. The van der Waals surface area contributed by atoms with E-state index in [4.69, 9.17) is 10.5 Å². The number of alkyl halides is 2. The number of hydrogen-bond acceptors (Lipinski definition) is 2. The molecule has 2 nitrogen and oxygen atoms in total. The molecule has 4 heteroatoms. The summed E-state index contributed by atoms with van der Waals surface area (Å²) in [6.07, 6.45) is 5.25. The number of benzene rings is 1. The lowest BCUT2D eigenvalue weighted by atomic mass is 9.68. The molecule has 118 valence electrons. The van der Waals surface area contributed by atoms with Crippen molar-refractivity contribution in [1.29, 1.82) is 0 Å². The molecule has 0 spiro atoms. The van der Waals surface area contributed by atoms with Crippen molar-refractivity contribution in [3.8, 4) is 5.75 Å². The number of halogens is 2. The molecule has 0 unspecified atom stereocenters. The van der Waals surface area contributed by atoms with Gasteiger partial charge in [-0.3, -0.25) is 0 Å². The van der Waals surface area contributed by atoms with E-state index in [2.05, 4.69) is 0 Å². The Morgan fingerprint density at radius 1 is 1.24 bits per heavy atom. The third-order valence-corrected chi connectivity index (χ3v) is 4.68. The van der Waals surface area contributed by atoms with Crippen LogP contribution in [0.15, 0.2) is 12.1 Å². The summed E-state index contributed by atoms with van der Waals surface area (Å²) in [5, 5.41) is 0. The molecule has 0 saturated heterocycles. The van der Waals surface area contributed by atoms with Gasteiger partial charge in [0.05, 0.1) is 12.7 Å². The van der Waals surface area contributed by atoms with Gasteiger partial charge >= 0.3 is 0 Å². The molecule has 0 aliphatic heterocycles. The first-order chi connectivity index (χ1) is 9.84. The normalized spacial score (nSPS) is 18.6. The van der Waals surface area contributed by atoms with Gasteiger partial charge in [-0.1, -0.05) is 30.9 Å². The molecule has 1 aliphatic carbocycles. The summed E-state index contributed by atoms with van der Waals surface area (Å²) in [5.41, 5.74) is 7.50. The highest BCUT2D eigenvalue weighted by molar-refractivity contribution is 5.50. The highest BCUT2D eigenvalue weighted by Crippen LogP contribution is 2.47. The third-order valence-electron chi connectivity index (χ3n) is 4.68. The van der Waals surface area contributed by atoms with E-state index in [0.29, 0.717) is 12.3 Å². The van der Waals surface area contributed by atoms with E-state index in [1.54, 1.807) is 0 Å². The molecule has 0 radical (unpaired) electrons. The molecule has 2 rings (SSSR count). The predicted molar refractivity (Wildman–Crippen MR) is 81.1 cm³/mol. The van der Waals surface area contributed by atoms with Gasteiger partial charge in [0.15, 0.2) is 0 Å². The molecule has 1 fully saturated rings. The second-order valence-electron chi connectivity index (χ2n) is 6.33. The van der Waals surface area contributed by atoms with Crippen molar-refractivity contribution in [2.75, 3.05) is 13.7 Å². The summed E-state index contributed by atoms with van der Waals surface area (Å²) < 4.78 is 33.3. The first kappa shape index (κ1) is 16.2. The molecule has 0 heterocycles. The molecule has 0 bridgehead atoms. The summed E-state index contributed by atoms with van der Waals surface area (Å²) >= 11 is 0. The number of hydrogen-bond donors (Lipinski definition) is 1. The van der Waals surface area contributed by atoms with E-state index in [0.717, 1.165) is 43.7 Å². The van der Waals surface area contributed by atoms with E-state index < -0.39 is 5.92 Å². The molecule has 0 atom stereocenters. The van der Waals surface area contributed by atoms with Gasteiger partial charge in [-0.05, 0) is 25.8 Å². The van der Waals surface area contributed by atoms with Crippen molar-refractivity contribution in [2.24, 2.45) is 5.73 Å². The smallest absolute Gasteiger partial charge is 0.274 e. The van der Waals surface area contributed by atoms with Crippen LogP contribution >= 0.6 is 0 Å². The number of methoxy groups -OCH3 is 1. The van der Waals surface area contributed by atoms with Gasteiger partial charge in [0.2, 0.25) is 0 Å². The third kappa shape index (κ3) is 3.05. The van der Waals surface area contributed by atoms with E-state index >= 15 is 0 Å². The zero-order valence-corrected chi connectivity index (χ0v) is 13.1. The second-order valence-corrected chi connectivity index (χ2v) is 6.33. The molecule has 1 aromatic rings. The van der Waals surface area contributed by atoms with Crippen LogP contribution < -0.4 is 10.5 Å². The first-order valence-corrected chi connectivity index (χ1v) is 7.61. The lowest BCUT2D eigenvalue weighted by Gasteiger charge is -2.38. The van der Waals surface area contributed by atoms with Gasteiger partial charge in [0.25, 0.3) is 5.92 Å². The van der Waals surface area contributed by atoms with Crippen LogP contribution in [-0.2, 0) is 11.3 Å². The molecule has 2 N–H and O–H groups in total. The first-order valence-electron chi connectivity index (χ1n) is 7.61. The molecule has 1 aliphatic rings. The molecule has 0 amide bonds. The van der Waals surface area contributed by atoms with E-state index in [1.165, 1.54) is 19.6 Å². The Hall–Kier alpha value is -1.16. The highest BCUT2D eigenvalue weighted by atomic mass is 19.3. The number of rotatable bonds is 4. The Labute approximate surface area is 125 Å². The number of nitrogens with two attached hydrogens (primary N) is 1. The Kier molecular flexibility index (Phi) is 4.57. The van der Waals surface area contributed by atoms with Gasteiger partial charge in [0.1, 0.15) is 5.75 Å². The fourth-order valence-corrected chi connectivity index (χ4v) is 3.53. The molecular formula is C17H25F2NO. The minimum Gasteiger partial charge on any atom is -0.496 e. The number of aryl methyl sites for hydroxylation is 1. The van der Waals surface area contributed by atoms with Crippen LogP contribution in [0, 0.1) is 6.92 Å². The van der Waals surface area contributed by atoms with Crippen molar-refractivity contribution in [3.05, 3.63) is 28.8 Å². The van der Waals surface area contributed by atoms with Gasteiger partial charge in [0, 0.05) is 24.4 Å². The van der Waals surface area contributed by atoms with E-state index in [9.17, 15) is 8.78 Å². The second kappa shape index (κ2) is 5.91. The van der Waals surface area contributed by atoms with Gasteiger partial charge in [-0.15, -0.1) is 0 Å². The van der Waals surface area contributed by atoms with Crippen molar-refractivity contribution in [1.82, 2.24) is 0 Å². The topological polar surface area (TPSA) is 35.2 Å². The van der Waals surface area contributed by atoms with E-state index in [-0.39, 0.29) is 11.0 Å². The van der Waals surface area contributed by atoms with Crippen molar-refractivity contribution >= 4 is 0 Å². The standard InChI is InChI=1S/C17H25F2NO/c1-12-9-13(16(2,18)19)15(21-3)14(10-12)17(11-20)7-5-4-6-8-17/h9-10H,4-8,11,20H2,1-3H3. The van der Waals surface area contributed by atoms with Crippen LogP contribution in [0.3, 0.4) is 0 Å². The minimum atomic E-state index is -2.92. The monoisotopic (exact) mass is 297 g/mol. The maximum atomic E-state index is 13.9. The van der Waals surface area contributed by atoms with Crippen LogP contribution in [0.4, 0.5) is 8.78 Å². The Balaban J connectivity index is 2.64. The average Bonchev–Trinajstić information content (AvgIpc) is 2.46. The Morgan fingerprint density at radius 3 is 2.33 bits per heavy atom. The molecule has 1 saturated carbocycles. The zero-order valence-electron chi connectivity index (χ0n) is 13.1. The zero-order chi connectivity index (χ0) is 15.7. The number of ether oxygens (including phenoxy) is 1. The van der Waals surface area contributed by atoms with Crippen LogP contribution in [0.1, 0.15) is 55.7 Å². The predicted octanol–water partition coefficient (Wildman–Crippen LogP) is 4.28. The quantitative estimate of drug-likeness (QED) is 0.900. The van der Waals surface area contributed by atoms with Crippen LogP contribution in [-0.4, -0.2) is 13.7 Å². The van der Waals surface area contributed by atoms with Crippen molar-refractivity contribution in [3.63, 3.8) is 0 Å². The fraction of sp³-hybridized carbons (Fsp3) is 0.647. The maximum Gasteiger partial charge on any atom is 0.274 e. The summed E-state index contributed by atoms with van der Waals surface area (Å²) in [5.74, 6) is -2.60. The highest BCUT2D eigenvalue weighted by Gasteiger charge is 2.39. The van der Waals surface area contributed by atoms with Gasteiger partial charge in [-0.25, -0.2) is 8.78 Å². The van der Waals surface area contributed by atoms with Crippen molar-refractivity contribution < 1.29 is 13.5 Å². The SMILES string of the molecule is COc1c(C(C)(F)F)cc(C)cc1C1(CN)CCCCC1. The summed E-state index contributed by atoms with van der Waals surface area (Å²) in [6.45, 7) is 3.25. The lowest BCUT2D eigenvalue weighted by molar-refractivity contribution is 0.0147. The summed E-state index contributed by atoms with van der Waals surface area (Å²) in [4.78, 5) is 0. The van der Waals surface area contributed by atoms with Crippen molar-refractivity contribution in [2.45, 2.75) is 57.3 Å². The summed E-state index contributed by atoms with van der Waals surface area (Å²) in [6, 6.07) is 3.50. The van der Waals surface area contributed by atoms with Gasteiger partial charge in [-0.2, -0.15) is 0 Å². The largest absolute Gasteiger partial charge is 0.496 e. The fourth-order valence-electron chi connectivity index (χ4n) is 3.53. The van der Waals surface area contributed by atoms with Crippen LogP contribution in [0.25, 0.3) is 0 Å². The Bertz CT molecular complexity index is 502. The van der Waals surface area contributed by atoms with Crippen LogP contribution in [0.2, 0.25) is 0 Å². The Morgan fingerprint density at radius 2 is 1.86 bits per heavy atom. The molecule has 1 aromatic carbocycles. The molecule has 21 heavy (non-hydrogen) atoms. The van der Waals surface area contributed by atoms with Gasteiger partial charge < -0.3 is 10.5 Å². The van der Waals surface area contributed by atoms with Crippen LogP contribution in [0.5, 0.6) is 5.75 Å². The van der Waals surface area contributed by atoms with E-state index in [1.807, 2.05) is 13.0 Å². The lowest BCUT2D eigenvalue weighted by Crippen LogP contribution is -2.38. The summed E-state index contributed by atoms with van der Waals surface area (Å²) in [7, 11) is 1.47.